The molecule has 19 heavy (non-hydrogen) atoms. The van der Waals surface area contributed by atoms with Gasteiger partial charge in [0.1, 0.15) is 13.2 Å². The number of ether oxygens (including phenoxy) is 1. The molecule has 0 unspecified atom stereocenters. The Kier molecular flexibility index (Phi) is 7.89. The molecular formula is C12H24NO5S+. The maximum Gasteiger partial charge on any atom is 0.330 e. The van der Waals surface area contributed by atoms with Crippen LogP contribution in [0.1, 0.15) is 19.3 Å². The highest BCUT2D eigenvalue weighted by molar-refractivity contribution is 7.85. The molecule has 0 spiro atoms. The number of likely N-dealkylation sites (N-methyl/N-ethyl adjacent to an activating group) is 1. The van der Waals surface area contributed by atoms with Gasteiger partial charge in [-0.1, -0.05) is 6.58 Å². The standard InChI is InChI=1S/C12H23NO5S/c1-4-12(14)18-10-9-13(2,3)8-6-5-7-11-19(15,16)17/h4H,1,5-11H2,2-3H3/p+1. The second kappa shape index (κ2) is 8.29. The van der Waals surface area contributed by atoms with Gasteiger partial charge in [0.05, 0.1) is 26.4 Å². The number of hydrogen-bond donors (Lipinski definition) is 1. The molecule has 0 radical (unpaired) electrons. The fourth-order valence-electron chi connectivity index (χ4n) is 1.57. The average Bonchev–Trinajstić information content (AvgIpc) is 2.26. The molecule has 0 aliphatic heterocycles. The largest absolute Gasteiger partial charge is 0.457 e. The lowest BCUT2D eigenvalue weighted by atomic mass is 10.2. The maximum absolute atomic E-state index is 10.9. The van der Waals surface area contributed by atoms with E-state index in [4.69, 9.17) is 9.29 Å². The van der Waals surface area contributed by atoms with Gasteiger partial charge in [-0.05, 0) is 19.3 Å². The minimum atomic E-state index is -3.84. The van der Waals surface area contributed by atoms with Crippen LogP contribution < -0.4 is 0 Å². The second-order valence-electron chi connectivity index (χ2n) is 5.10. The molecule has 0 heterocycles. The van der Waals surface area contributed by atoms with Gasteiger partial charge in [0.25, 0.3) is 10.1 Å². The van der Waals surface area contributed by atoms with Crippen molar-refractivity contribution in [1.82, 2.24) is 0 Å². The molecule has 7 heteroatoms. The van der Waals surface area contributed by atoms with Crippen LogP contribution in [0.5, 0.6) is 0 Å². The zero-order valence-electron chi connectivity index (χ0n) is 11.7. The van der Waals surface area contributed by atoms with Crippen LogP contribution in [0.3, 0.4) is 0 Å². The molecule has 6 nitrogen and oxygen atoms in total. The minimum absolute atomic E-state index is 0.183. The van der Waals surface area contributed by atoms with Crippen molar-refractivity contribution in [2.24, 2.45) is 0 Å². The Morgan fingerprint density at radius 2 is 1.89 bits per heavy atom. The van der Waals surface area contributed by atoms with E-state index in [-0.39, 0.29) is 5.75 Å². The van der Waals surface area contributed by atoms with Gasteiger partial charge in [0, 0.05) is 6.08 Å². The molecule has 0 saturated carbocycles. The van der Waals surface area contributed by atoms with Gasteiger partial charge < -0.3 is 9.22 Å². The predicted octanol–water partition coefficient (Wildman–Crippen LogP) is 0.850. The summed E-state index contributed by atoms with van der Waals surface area (Å²) in [6.45, 7) is 5.20. The van der Waals surface area contributed by atoms with E-state index in [0.29, 0.717) is 24.1 Å². The highest BCUT2D eigenvalue weighted by Crippen LogP contribution is 2.05. The summed E-state index contributed by atoms with van der Waals surface area (Å²) < 4.78 is 35.2. The Labute approximate surface area is 115 Å². The fourth-order valence-corrected chi connectivity index (χ4v) is 2.13. The highest BCUT2D eigenvalue weighted by atomic mass is 32.2. The van der Waals surface area contributed by atoms with Gasteiger partial charge in [0.15, 0.2) is 0 Å². The highest BCUT2D eigenvalue weighted by Gasteiger charge is 2.15. The van der Waals surface area contributed by atoms with Crippen molar-refractivity contribution in [3.05, 3.63) is 12.7 Å². The van der Waals surface area contributed by atoms with Gasteiger partial charge in [-0.2, -0.15) is 8.42 Å². The van der Waals surface area contributed by atoms with Crippen molar-refractivity contribution in [3.8, 4) is 0 Å². The quantitative estimate of drug-likeness (QED) is 0.212. The molecule has 0 aromatic carbocycles. The summed E-state index contributed by atoms with van der Waals surface area (Å²) in [7, 11) is 0.198. The lowest BCUT2D eigenvalue weighted by molar-refractivity contribution is -0.890. The van der Waals surface area contributed by atoms with E-state index in [1.807, 2.05) is 14.1 Å². The van der Waals surface area contributed by atoms with E-state index < -0.39 is 16.1 Å². The SMILES string of the molecule is C=CC(=O)OCC[N+](C)(C)CCCCCS(=O)(=O)O. The van der Waals surface area contributed by atoms with E-state index in [1.165, 1.54) is 0 Å². The van der Waals surface area contributed by atoms with Crippen LogP contribution in [0.4, 0.5) is 0 Å². The van der Waals surface area contributed by atoms with Gasteiger partial charge >= 0.3 is 5.97 Å². The number of carbonyl (C=O) groups excluding carboxylic acids is 1. The molecule has 0 aromatic rings. The third-order valence-corrected chi connectivity index (χ3v) is 3.58. The number of quaternary nitrogens is 1. The molecule has 0 atom stereocenters. The van der Waals surface area contributed by atoms with Crippen LogP contribution in [0.25, 0.3) is 0 Å². The summed E-state index contributed by atoms with van der Waals surface area (Å²) in [6, 6.07) is 0. The first-order valence-electron chi connectivity index (χ1n) is 6.23. The van der Waals surface area contributed by atoms with Crippen molar-refractivity contribution >= 4 is 16.1 Å². The minimum Gasteiger partial charge on any atom is -0.457 e. The first kappa shape index (κ1) is 18.1. The van der Waals surface area contributed by atoms with Crippen LogP contribution in [0.15, 0.2) is 12.7 Å². The Hall–Kier alpha value is -0.920. The van der Waals surface area contributed by atoms with Crippen molar-refractivity contribution < 1.29 is 27.0 Å². The van der Waals surface area contributed by atoms with E-state index in [2.05, 4.69) is 6.58 Å². The van der Waals surface area contributed by atoms with Gasteiger partial charge in [-0.3, -0.25) is 4.55 Å². The first-order valence-corrected chi connectivity index (χ1v) is 7.83. The zero-order chi connectivity index (χ0) is 14.9. The topological polar surface area (TPSA) is 80.7 Å². The van der Waals surface area contributed by atoms with Crippen LogP contribution >= 0.6 is 0 Å². The van der Waals surface area contributed by atoms with Gasteiger partial charge in [-0.25, -0.2) is 4.79 Å². The van der Waals surface area contributed by atoms with E-state index in [1.54, 1.807) is 0 Å². The Morgan fingerprint density at radius 3 is 2.42 bits per heavy atom. The molecular weight excluding hydrogens is 270 g/mol. The molecule has 0 saturated heterocycles. The third kappa shape index (κ3) is 11.9. The number of unbranched alkanes of at least 4 members (excludes halogenated alkanes) is 2. The molecule has 112 valence electrons. The maximum atomic E-state index is 10.9. The van der Waals surface area contributed by atoms with Crippen LogP contribution in [-0.2, 0) is 19.6 Å². The second-order valence-corrected chi connectivity index (χ2v) is 6.67. The van der Waals surface area contributed by atoms with E-state index in [9.17, 15) is 13.2 Å². The van der Waals surface area contributed by atoms with Crippen molar-refractivity contribution in [2.75, 3.05) is 39.5 Å². The summed E-state index contributed by atoms with van der Waals surface area (Å²) in [6.07, 6.45) is 3.20. The fraction of sp³-hybridized carbons (Fsp3) is 0.750. The van der Waals surface area contributed by atoms with Crippen LogP contribution in [-0.4, -0.2) is 63.0 Å². The molecule has 0 amide bonds. The smallest absolute Gasteiger partial charge is 0.330 e. The molecule has 0 aliphatic carbocycles. The summed E-state index contributed by atoms with van der Waals surface area (Å²) in [4.78, 5) is 10.9. The molecule has 0 bridgehead atoms. The Bertz CT molecular complexity index is 389. The van der Waals surface area contributed by atoms with Crippen LogP contribution in [0, 0.1) is 0 Å². The summed E-state index contributed by atoms with van der Waals surface area (Å²) in [5.41, 5.74) is 0. The molecule has 0 aliphatic rings. The average molecular weight is 294 g/mol. The summed E-state index contributed by atoms with van der Waals surface area (Å²) in [5, 5.41) is 0. The molecule has 0 fully saturated rings. The number of esters is 1. The predicted molar refractivity (Wildman–Crippen MR) is 73.3 cm³/mol. The number of nitrogens with zero attached hydrogens (tertiary/aromatic N) is 1. The van der Waals surface area contributed by atoms with E-state index >= 15 is 0 Å². The van der Waals surface area contributed by atoms with Crippen molar-refractivity contribution in [1.29, 1.82) is 0 Å². The third-order valence-electron chi connectivity index (χ3n) is 2.77. The lowest BCUT2D eigenvalue weighted by Crippen LogP contribution is -2.43. The van der Waals surface area contributed by atoms with Crippen molar-refractivity contribution in [3.63, 3.8) is 0 Å². The first-order chi connectivity index (χ1) is 8.66. The number of carbonyl (C=O) groups is 1. The Morgan fingerprint density at radius 1 is 1.26 bits per heavy atom. The monoisotopic (exact) mass is 294 g/mol. The Balaban J connectivity index is 3.72. The van der Waals surface area contributed by atoms with E-state index in [0.717, 1.165) is 25.5 Å². The lowest BCUT2D eigenvalue weighted by Gasteiger charge is -2.29. The molecule has 0 rings (SSSR count). The molecule has 1 N–H and O–H groups in total. The van der Waals surface area contributed by atoms with Crippen LogP contribution in [0.2, 0.25) is 0 Å². The zero-order valence-corrected chi connectivity index (χ0v) is 12.5. The summed E-state index contributed by atoms with van der Waals surface area (Å²) >= 11 is 0. The number of rotatable bonds is 10. The normalized spacial score (nSPS) is 12.2. The molecule has 0 aromatic heterocycles. The summed E-state index contributed by atoms with van der Waals surface area (Å²) in [5.74, 6) is -0.606. The van der Waals surface area contributed by atoms with Gasteiger partial charge in [0.2, 0.25) is 0 Å². The van der Waals surface area contributed by atoms with Gasteiger partial charge in [-0.15, -0.1) is 0 Å². The number of hydrogen-bond acceptors (Lipinski definition) is 4. The van der Waals surface area contributed by atoms with Crippen molar-refractivity contribution in [2.45, 2.75) is 19.3 Å².